The van der Waals surface area contributed by atoms with Crippen LogP contribution in [0.5, 0.6) is 0 Å². The minimum Gasteiger partial charge on any atom is -0.345 e. The van der Waals surface area contributed by atoms with Crippen molar-refractivity contribution in [3.63, 3.8) is 0 Å². The first kappa shape index (κ1) is 12.5. The van der Waals surface area contributed by atoms with Crippen LogP contribution >= 0.6 is 11.3 Å². The van der Waals surface area contributed by atoms with Gasteiger partial charge in [0.1, 0.15) is 18.7 Å². The smallest absolute Gasteiger partial charge is 0.307 e. The Balaban J connectivity index is 1.99. The standard InChI is InChI=1S/C10H13N5O2S/c1-6-4-18-10(17)15(6)3-8(16)13-7(2)9-11-5-12-14-9/h4-5,7H,3H2,1-2H3,(H,13,16)(H,11,12,14). The zero-order valence-corrected chi connectivity index (χ0v) is 10.8. The molecule has 2 aromatic rings. The lowest BCUT2D eigenvalue weighted by Gasteiger charge is -2.11. The molecule has 2 aromatic heterocycles. The zero-order valence-electron chi connectivity index (χ0n) is 10.0. The monoisotopic (exact) mass is 267 g/mol. The number of hydrogen-bond donors (Lipinski definition) is 2. The van der Waals surface area contributed by atoms with Crippen LogP contribution in [0.15, 0.2) is 16.5 Å². The van der Waals surface area contributed by atoms with Gasteiger partial charge in [-0.15, -0.1) is 0 Å². The van der Waals surface area contributed by atoms with Gasteiger partial charge in [0.05, 0.1) is 6.04 Å². The van der Waals surface area contributed by atoms with Crippen LogP contribution in [0.1, 0.15) is 24.5 Å². The molecule has 18 heavy (non-hydrogen) atoms. The van der Waals surface area contributed by atoms with E-state index >= 15 is 0 Å². The third-order valence-electron chi connectivity index (χ3n) is 2.50. The number of carbonyl (C=O) groups is 1. The van der Waals surface area contributed by atoms with Gasteiger partial charge >= 0.3 is 4.87 Å². The van der Waals surface area contributed by atoms with E-state index in [0.29, 0.717) is 5.82 Å². The number of aromatic nitrogens is 4. The van der Waals surface area contributed by atoms with Crippen molar-refractivity contribution in [2.75, 3.05) is 0 Å². The lowest BCUT2D eigenvalue weighted by atomic mass is 10.3. The van der Waals surface area contributed by atoms with E-state index in [-0.39, 0.29) is 23.4 Å². The maximum Gasteiger partial charge on any atom is 0.307 e. The molecule has 1 amide bonds. The molecule has 0 bridgehead atoms. The van der Waals surface area contributed by atoms with Crippen LogP contribution in [-0.4, -0.2) is 25.7 Å². The summed E-state index contributed by atoms with van der Waals surface area (Å²) >= 11 is 1.09. The number of thiazole rings is 1. The molecule has 2 rings (SSSR count). The summed E-state index contributed by atoms with van der Waals surface area (Å²) in [6, 6.07) is -0.269. The lowest BCUT2D eigenvalue weighted by Crippen LogP contribution is -2.33. The fourth-order valence-corrected chi connectivity index (χ4v) is 2.25. The van der Waals surface area contributed by atoms with Crippen molar-refractivity contribution >= 4 is 17.2 Å². The Labute approximate surface area is 107 Å². The second kappa shape index (κ2) is 5.13. The molecule has 0 saturated carbocycles. The van der Waals surface area contributed by atoms with E-state index in [4.69, 9.17) is 0 Å². The zero-order chi connectivity index (χ0) is 13.1. The molecule has 0 fully saturated rings. The highest BCUT2D eigenvalue weighted by Gasteiger charge is 2.13. The molecule has 2 N–H and O–H groups in total. The van der Waals surface area contributed by atoms with Gasteiger partial charge in [-0.25, -0.2) is 4.98 Å². The van der Waals surface area contributed by atoms with Crippen LogP contribution in [0.4, 0.5) is 0 Å². The van der Waals surface area contributed by atoms with Crippen molar-refractivity contribution in [3.8, 4) is 0 Å². The SMILES string of the molecule is Cc1csc(=O)n1CC(=O)NC(C)c1ncn[nH]1. The molecule has 8 heteroatoms. The Hall–Kier alpha value is -1.96. The fourth-order valence-electron chi connectivity index (χ4n) is 1.52. The van der Waals surface area contributed by atoms with Crippen LogP contribution in [0.3, 0.4) is 0 Å². The summed E-state index contributed by atoms with van der Waals surface area (Å²) < 4.78 is 1.44. The maximum absolute atomic E-state index is 11.8. The van der Waals surface area contributed by atoms with Gasteiger partial charge in [-0.3, -0.25) is 19.3 Å². The predicted octanol–water partition coefficient (Wildman–Crippen LogP) is 0.214. The number of carbonyl (C=O) groups excluding carboxylic acids is 1. The minimum absolute atomic E-state index is 0.0205. The van der Waals surface area contributed by atoms with Gasteiger partial charge in [0.25, 0.3) is 0 Å². The van der Waals surface area contributed by atoms with E-state index in [1.807, 2.05) is 0 Å². The number of aromatic amines is 1. The van der Waals surface area contributed by atoms with Crippen molar-refractivity contribution in [3.05, 3.63) is 32.9 Å². The molecule has 7 nitrogen and oxygen atoms in total. The van der Waals surface area contributed by atoms with Crippen molar-refractivity contribution in [1.82, 2.24) is 25.1 Å². The topological polar surface area (TPSA) is 92.7 Å². The maximum atomic E-state index is 11.8. The van der Waals surface area contributed by atoms with E-state index < -0.39 is 0 Å². The quantitative estimate of drug-likeness (QED) is 0.828. The highest BCUT2D eigenvalue weighted by molar-refractivity contribution is 7.07. The van der Waals surface area contributed by atoms with Gasteiger partial charge in [0.2, 0.25) is 5.91 Å². The average Bonchev–Trinajstić information content (AvgIpc) is 2.94. The highest BCUT2D eigenvalue weighted by Crippen LogP contribution is 2.04. The Bertz CT molecular complexity index is 586. The first-order valence-corrected chi connectivity index (χ1v) is 6.25. The molecule has 2 heterocycles. The number of rotatable bonds is 4. The van der Waals surface area contributed by atoms with Crippen molar-refractivity contribution in [1.29, 1.82) is 0 Å². The molecular formula is C10H13N5O2S. The molecule has 0 aliphatic rings. The Kier molecular flexibility index (Phi) is 3.56. The first-order chi connectivity index (χ1) is 8.58. The molecule has 0 aliphatic heterocycles. The molecule has 0 spiro atoms. The van der Waals surface area contributed by atoms with E-state index in [9.17, 15) is 9.59 Å². The third-order valence-corrected chi connectivity index (χ3v) is 3.38. The van der Waals surface area contributed by atoms with Crippen molar-refractivity contribution < 1.29 is 4.79 Å². The Morgan fingerprint density at radius 2 is 2.44 bits per heavy atom. The summed E-state index contributed by atoms with van der Waals surface area (Å²) in [5, 5.41) is 10.9. The summed E-state index contributed by atoms with van der Waals surface area (Å²) in [7, 11) is 0. The summed E-state index contributed by atoms with van der Waals surface area (Å²) in [4.78, 5) is 27.1. The van der Waals surface area contributed by atoms with Crippen LogP contribution in [-0.2, 0) is 11.3 Å². The first-order valence-electron chi connectivity index (χ1n) is 5.37. The number of aryl methyl sites for hydroxylation is 1. The minimum atomic E-state index is -0.269. The second-order valence-electron chi connectivity index (χ2n) is 3.89. The Morgan fingerprint density at radius 3 is 3.00 bits per heavy atom. The van der Waals surface area contributed by atoms with Crippen LogP contribution in [0.25, 0.3) is 0 Å². The number of nitrogens with zero attached hydrogens (tertiary/aromatic N) is 3. The van der Waals surface area contributed by atoms with Crippen LogP contribution < -0.4 is 10.2 Å². The van der Waals surface area contributed by atoms with E-state index in [1.54, 1.807) is 19.2 Å². The molecule has 0 saturated heterocycles. The highest BCUT2D eigenvalue weighted by atomic mass is 32.1. The fraction of sp³-hybridized carbons (Fsp3) is 0.400. The van der Waals surface area contributed by atoms with Crippen molar-refractivity contribution in [2.24, 2.45) is 0 Å². The molecule has 96 valence electrons. The lowest BCUT2D eigenvalue weighted by molar-refractivity contribution is -0.122. The largest absolute Gasteiger partial charge is 0.345 e. The number of H-pyrrole nitrogens is 1. The molecule has 0 aromatic carbocycles. The number of nitrogens with one attached hydrogen (secondary N) is 2. The summed E-state index contributed by atoms with van der Waals surface area (Å²) in [6.45, 7) is 3.61. The normalized spacial score (nSPS) is 12.3. The third kappa shape index (κ3) is 2.65. The summed E-state index contributed by atoms with van der Waals surface area (Å²) in [5.74, 6) is 0.347. The van der Waals surface area contributed by atoms with Gasteiger partial charge in [0, 0.05) is 11.1 Å². The Morgan fingerprint density at radius 1 is 1.67 bits per heavy atom. The van der Waals surface area contributed by atoms with Crippen LogP contribution in [0.2, 0.25) is 0 Å². The summed E-state index contributed by atoms with van der Waals surface area (Å²) in [6.07, 6.45) is 1.38. The molecule has 1 atom stereocenters. The van der Waals surface area contributed by atoms with E-state index in [1.165, 1.54) is 10.9 Å². The number of amides is 1. The van der Waals surface area contributed by atoms with Gasteiger partial charge < -0.3 is 5.32 Å². The average molecular weight is 267 g/mol. The van der Waals surface area contributed by atoms with E-state index in [2.05, 4.69) is 20.5 Å². The molecular weight excluding hydrogens is 254 g/mol. The van der Waals surface area contributed by atoms with Gasteiger partial charge in [-0.1, -0.05) is 11.3 Å². The number of hydrogen-bond acceptors (Lipinski definition) is 5. The van der Waals surface area contributed by atoms with Gasteiger partial charge in [-0.05, 0) is 13.8 Å². The van der Waals surface area contributed by atoms with E-state index in [0.717, 1.165) is 17.0 Å². The molecule has 0 radical (unpaired) electrons. The molecule has 0 aliphatic carbocycles. The van der Waals surface area contributed by atoms with Gasteiger partial charge in [-0.2, -0.15) is 5.10 Å². The van der Waals surface area contributed by atoms with Crippen molar-refractivity contribution in [2.45, 2.75) is 26.4 Å². The van der Waals surface area contributed by atoms with Crippen LogP contribution in [0, 0.1) is 6.92 Å². The summed E-state index contributed by atoms with van der Waals surface area (Å²) in [5.41, 5.74) is 0.785. The second-order valence-corrected chi connectivity index (χ2v) is 4.71. The molecule has 1 unspecified atom stereocenters. The predicted molar refractivity (Wildman–Crippen MR) is 66.3 cm³/mol. The van der Waals surface area contributed by atoms with Gasteiger partial charge in [0.15, 0.2) is 0 Å².